The van der Waals surface area contributed by atoms with Crippen molar-refractivity contribution in [2.75, 3.05) is 0 Å². The number of alkyl halides is 1. The standard InChI is InChI=1S/C25H20F2N6O5/c1-13(26)37-20-5-3-2-4-15(20)11-29-24(35)19-9-18(31-22-16(27)12-30-33(19)22)23(34)28-10-14-6-7-21-17(8-14)32-25(36)38-21/h2-9,12-13H,10-11H2,1H3,(H,28,34)(H,29,35)(H,32,36). The van der Waals surface area contributed by atoms with Crippen LogP contribution in [0.5, 0.6) is 5.75 Å². The molecule has 2 aromatic carbocycles. The van der Waals surface area contributed by atoms with Gasteiger partial charge >= 0.3 is 5.76 Å². The number of hydrogen-bond acceptors (Lipinski definition) is 7. The number of para-hydroxylation sites is 1. The summed E-state index contributed by atoms with van der Waals surface area (Å²) in [4.78, 5) is 43.8. The van der Waals surface area contributed by atoms with Gasteiger partial charge in [0.1, 0.15) is 17.1 Å². The quantitative estimate of drug-likeness (QED) is 0.284. The molecule has 0 aliphatic carbocycles. The Balaban J connectivity index is 1.36. The maximum Gasteiger partial charge on any atom is 0.417 e. The Morgan fingerprint density at radius 1 is 1.13 bits per heavy atom. The molecule has 11 nitrogen and oxygen atoms in total. The molecule has 1 atom stereocenters. The summed E-state index contributed by atoms with van der Waals surface area (Å²) in [5.41, 5.74) is 1.34. The van der Waals surface area contributed by atoms with E-state index in [-0.39, 0.29) is 35.9 Å². The Morgan fingerprint density at radius 3 is 2.74 bits per heavy atom. The van der Waals surface area contributed by atoms with Gasteiger partial charge in [-0.15, -0.1) is 0 Å². The Kier molecular flexibility index (Phi) is 6.56. The van der Waals surface area contributed by atoms with Crippen LogP contribution in [-0.4, -0.2) is 37.8 Å². The van der Waals surface area contributed by atoms with E-state index in [1.165, 1.54) is 13.0 Å². The van der Waals surface area contributed by atoms with E-state index >= 15 is 0 Å². The van der Waals surface area contributed by atoms with E-state index in [2.05, 4.69) is 25.7 Å². The van der Waals surface area contributed by atoms with Gasteiger partial charge in [0, 0.05) is 31.6 Å². The summed E-state index contributed by atoms with van der Waals surface area (Å²) in [6.45, 7) is 1.26. The lowest BCUT2D eigenvalue weighted by atomic mass is 10.2. The molecule has 5 aromatic rings. The molecular formula is C25H20F2N6O5. The van der Waals surface area contributed by atoms with E-state index in [0.29, 0.717) is 22.2 Å². The van der Waals surface area contributed by atoms with Gasteiger partial charge in [-0.25, -0.2) is 23.1 Å². The predicted octanol–water partition coefficient (Wildman–Crippen LogP) is 2.86. The molecule has 0 fully saturated rings. The molecule has 0 radical (unpaired) electrons. The summed E-state index contributed by atoms with van der Waals surface area (Å²) in [6.07, 6.45) is -0.670. The van der Waals surface area contributed by atoms with Crippen LogP contribution in [0.25, 0.3) is 16.7 Å². The zero-order valence-corrected chi connectivity index (χ0v) is 19.8. The lowest BCUT2D eigenvalue weighted by Gasteiger charge is -2.13. The van der Waals surface area contributed by atoms with Crippen LogP contribution in [-0.2, 0) is 13.1 Å². The lowest BCUT2D eigenvalue weighted by molar-refractivity contribution is 0.0845. The fraction of sp³-hybridized carbons (Fsp3) is 0.160. The highest BCUT2D eigenvalue weighted by atomic mass is 19.1. The van der Waals surface area contributed by atoms with E-state index in [9.17, 15) is 23.2 Å². The fourth-order valence-corrected chi connectivity index (χ4v) is 3.80. The second-order valence-electron chi connectivity index (χ2n) is 8.23. The van der Waals surface area contributed by atoms with Gasteiger partial charge in [-0.3, -0.25) is 14.6 Å². The molecule has 5 rings (SSSR count). The highest BCUT2D eigenvalue weighted by Crippen LogP contribution is 2.20. The third-order valence-corrected chi connectivity index (χ3v) is 5.53. The van der Waals surface area contributed by atoms with Crippen molar-refractivity contribution in [2.24, 2.45) is 0 Å². The number of hydrogen-bond donors (Lipinski definition) is 3. The molecule has 0 saturated carbocycles. The third kappa shape index (κ3) is 5.07. The number of nitrogens with zero attached hydrogens (tertiary/aromatic N) is 3. The number of ether oxygens (including phenoxy) is 1. The Bertz CT molecular complexity index is 1720. The highest BCUT2D eigenvalue weighted by Gasteiger charge is 2.20. The average molecular weight is 522 g/mol. The number of amides is 2. The topological polar surface area (TPSA) is 144 Å². The number of carbonyl (C=O) groups excluding carboxylic acids is 2. The first-order chi connectivity index (χ1) is 18.3. The maximum absolute atomic E-state index is 14.4. The molecule has 0 bridgehead atoms. The normalized spacial score (nSPS) is 12.0. The molecule has 3 N–H and O–H groups in total. The van der Waals surface area contributed by atoms with E-state index < -0.39 is 29.7 Å². The first-order valence-corrected chi connectivity index (χ1v) is 11.4. The number of H-pyrrole nitrogens is 1. The first-order valence-electron chi connectivity index (χ1n) is 11.4. The largest absolute Gasteiger partial charge is 0.460 e. The fourth-order valence-electron chi connectivity index (χ4n) is 3.80. The minimum Gasteiger partial charge on any atom is -0.460 e. The van der Waals surface area contributed by atoms with Gasteiger partial charge in [-0.1, -0.05) is 24.3 Å². The molecule has 13 heteroatoms. The maximum atomic E-state index is 14.4. The van der Waals surface area contributed by atoms with Crippen molar-refractivity contribution in [3.63, 3.8) is 0 Å². The molecule has 3 heterocycles. The number of aromatic nitrogens is 4. The number of aromatic amines is 1. The summed E-state index contributed by atoms with van der Waals surface area (Å²) in [6, 6.07) is 12.7. The smallest absolute Gasteiger partial charge is 0.417 e. The zero-order valence-electron chi connectivity index (χ0n) is 19.8. The van der Waals surface area contributed by atoms with Crippen LogP contribution in [0.1, 0.15) is 39.0 Å². The molecule has 0 aliphatic heterocycles. The van der Waals surface area contributed by atoms with Crippen molar-refractivity contribution in [3.8, 4) is 5.75 Å². The first kappa shape index (κ1) is 24.6. The summed E-state index contributed by atoms with van der Waals surface area (Å²) < 4.78 is 38.8. The Hall–Kier alpha value is -5.07. The van der Waals surface area contributed by atoms with Crippen LogP contribution in [0.3, 0.4) is 0 Å². The number of oxazole rings is 1. The highest BCUT2D eigenvalue weighted by molar-refractivity contribution is 5.98. The lowest BCUT2D eigenvalue weighted by Crippen LogP contribution is -2.28. The van der Waals surface area contributed by atoms with Crippen molar-refractivity contribution >= 4 is 28.6 Å². The molecule has 2 amide bonds. The van der Waals surface area contributed by atoms with Gasteiger partial charge in [0.15, 0.2) is 17.0 Å². The zero-order chi connectivity index (χ0) is 26.8. The van der Waals surface area contributed by atoms with Crippen molar-refractivity contribution in [3.05, 3.63) is 93.6 Å². The van der Waals surface area contributed by atoms with E-state index in [1.54, 1.807) is 42.5 Å². The molecule has 38 heavy (non-hydrogen) atoms. The molecule has 0 saturated heterocycles. The summed E-state index contributed by atoms with van der Waals surface area (Å²) in [5, 5.41) is 9.15. The van der Waals surface area contributed by atoms with Crippen molar-refractivity contribution < 1.29 is 27.5 Å². The van der Waals surface area contributed by atoms with E-state index in [4.69, 9.17) is 9.15 Å². The minimum atomic E-state index is -1.55. The summed E-state index contributed by atoms with van der Waals surface area (Å²) in [5.74, 6) is -2.50. The number of fused-ring (bicyclic) bond motifs is 2. The molecule has 1 unspecified atom stereocenters. The van der Waals surface area contributed by atoms with Crippen LogP contribution in [0, 0.1) is 5.82 Å². The average Bonchev–Trinajstić information content (AvgIpc) is 3.46. The number of carbonyl (C=O) groups is 2. The molecule has 194 valence electrons. The SMILES string of the molecule is CC(F)Oc1ccccc1CNC(=O)c1cc(C(=O)NCc2ccc3oc(=O)[nH]c3c2)nc2c(F)cnn12. The van der Waals surface area contributed by atoms with E-state index in [1.807, 2.05) is 0 Å². The number of nitrogens with one attached hydrogen (secondary N) is 3. The monoisotopic (exact) mass is 522 g/mol. The third-order valence-electron chi connectivity index (χ3n) is 5.53. The van der Waals surface area contributed by atoms with Crippen LogP contribution < -0.4 is 21.1 Å². The number of halogens is 2. The second-order valence-corrected chi connectivity index (χ2v) is 8.23. The predicted molar refractivity (Wildman–Crippen MR) is 130 cm³/mol. The van der Waals surface area contributed by atoms with Crippen LogP contribution in [0.15, 0.2) is 63.9 Å². The van der Waals surface area contributed by atoms with Crippen molar-refractivity contribution in [2.45, 2.75) is 26.4 Å². The van der Waals surface area contributed by atoms with Gasteiger partial charge in [-0.05, 0) is 23.8 Å². The van der Waals surface area contributed by atoms with E-state index in [0.717, 1.165) is 10.7 Å². The van der Waals surface area contributed by atoms with Gasteiger partial charge in [0.2, 0.25) is 6.36 Å². The van der Waals surface area contributed by atoms with Crippen LogP contribution >= 0.6 is 0 Å². The second kappa shape index (κ2) is 10.1. The number of benzene rings is 2. The Labute approximate surface area is 212 Å². The minimum absolute atomic E-state index is 0.0323. The summed E-state index contributed by atoms with van der Waals surface area (Å²) >= 11 is 0. The van der Waals surface area contributed by atoms with Gasteiger partial charge in [0.25, 0.3) is 11.8 Å². The molecule has 0 spiro atoms. The van der Waals surface area contributed by atoms with Gasteiger partial charge < -0.3 is 19.8 Å². The number of rotatable bonds is 8. The summed E-state index contributed by atoms with van der Waals surface area (Å²) in [7, 11) is 0. The van der Waals surface area contributed by atoms with Gasteiger partial charge in [-0.2, -0.15) is 5.10 Å². The molecule has 0 aliphatic rings. The van der Waals surface area contributed by atoms with Crippen molar-refractivity contribution in [1.82, 2.24) is 30.2 Å². The van der Waals surface area contributed by atoms with Crippen LogP contribution in [0.4, 0.5) is 8.78 Å². The Morgan fingerprint density at radius 2 is 1.92 bits per heavy atom. The van der Waals surface area contributed by atoms with Crippen molar-refractivity contribution in [1.29, 1.82) is 0 Å². The molecular weight excluding hydrogens is 502 g/mol. The molecule has 3 aromatic heterocycles. The van der Waals surface area contributed by atoms with Crippen LogP contribution in [0.2, 0.25) is 0 Å². The van der Waals surface area contributed by atoms with Gasteiger partial charge in [0.05, 0.1) is 11.7 Å².